The average molecular weight is 489 g/mol. The van der Waals surface area contributed by atoms with Gasteiger partial charge in [0, 0.05) is 31.7 Å². The Balaban J connectivity index is 1.80. The first kappa shape index (κ1) is 25.5. The lowest BCUT2D eigenvalue weighted by Gasteiger charge is -2.37. The van der Waals surface area contributed by atoms with E-state index in [0.29, 0.717) is 37.4 Å². The van der Waals surface area contributed by atoms with E-state index in [4.69, 9.17) is 0 Å². The van der Waals surface area contributed by atoms with Crippen molar-refractivity contribution in [3.63, 3.8) is 0 Å². The molecule has 184 valence electrons. The minimum atomic E-state index is -3.92. The molecule has 2 aromatic carbocycles. The van der Waals surface area contributed by atoms with Gasteiger partial charge in [0.05, 0.1) is 28.4 Å². The van der Waals surface area contributed by atoms with Gasteiger partial charge >= 0.3 is 5.97 Å². The number of carbonyl (C=O) groups excluding carboxylic acids is 1. The molecule has 1 heterocycles. The molecule has 1 saturated heterocycles. The molecule has 0 saturated carbocycles. The molecule has 10 heteroatoms. The van der Waals surface area contributed by atoms with Gasteiger partial charge in [0.2, 0.25) is 5.91 Å². The topological polar surface area (TPSA) is 119 Å². The van der Waals surface area contributed by atoms with E-state index in [1.54, 1.807) is 31.2 Å². The number of benzene rings is 2. The van der Waals surface area contributed by atoms with Crippen LogP contribution >= 0.6 is 0 Å². The van der Waals surface area contributed by atoms with E-state index in [-0.39, 0.29) is 34.1 Å². The van der Waals surface area contributed by atoms with Crippen molar-refractivity contribution < 1.29 is 23.1 Å². The Hall–Kier alpha value is -3.11. The van der Waals surface area contributed by atoms with Crippen LogP contribution in [0, 0.1) is 6.92 Å². The SMILES string of the molecule is Cc1ccccc1S(=O)(=O)Nc1cc(C(=O)O)ccc1N1CCN(CC(=O)NC(C)(C)C)CC1. The van der Waals surface area contributed by atoms with Crippen LogP contribution in [-0.2, 0) is 14.8 Å². The normalized spacial score (nSPS) is 15.1. The van der Waals surface area contributed by atoms with Gasteiger partial charge in [-0.25, -0.2) is 13.2 Å². The zero-order valence-corrected chi connectivity index (χ0v) is 20.8. The summed E-state index contributed by atoms with van der Waals surface area (Å²) >= 11 is 0. The molecule has 1 aliphatic rings. The van der Waals surface area contributed by atoms with Crippen LogP contribution in [0.2, 0.25) is 0 Å². The van der Waals surface area contributed by atoms with Gasteiger partial charge in [0.15, 0.2) is 0 Å². The predicted octanol–water partition coefficient (Wildman–Crippen LogP) is 2.53. The fourth-order valence-electron chi connectivity index (χ4n) is 3.89. The fourth-order valence-corrected chi connectivity index (χ4v) is 5.20. The first-order valence-electron chi connectivity index (χ1n) is 11.1. The third kappa shape index (κ3) is 6.48. The number of nitrogens with one attached hydrogen (secondary N) is 2. The van der Waals surface area contributed by atoms with Crippen LogP contribution in [0.5, 0.6) is 0 Å². The number of aryl methyl sites for hydroxylation is 1. The zero-order valence-electron chi connectivity index (χ0n) is 20.0. The van der Waals surface area contributed by atoms with Gasteiger partial charge in [-0.2, -0.15) is 0 Å². The second-order valence-corrected chi connectivity index (χ2v) is 11.1. The number of carbonyl (C=O) groups is 2. The molecule has 9 nitrogen and oxygen atoms in total. The van der Waals surface area contributed by atoms with Crippen molar-refractivity contribution in [2.75, 3.05) is 42.3 Å². The highest BCUT2D eigenvalue weighted by Crippen LogP contribution is 2.31. The smallest absolute Gasteiger partial charge is 0.335 e. The Kier molecular flexibility index (Phi) is 7.52. The monoisotopic (exact) mass is 488 g/mol. The molecule has 1 aliphatic heterocycles. The lowest BCUT2D eigenvalue weighted by molar-refractivity contribution is -0.123. The lowest BCUT2D eigenvalue weighted by atomic mass is 10.1. The number of nitrogens with zero attached hydrogens (tertiary/aromatic N) is 2. The van der Waals surface area contributed by atoms with Gasteiger partial charge in [-0.05, 0) is 57.5 Å². The Morgan fingerprint density at radius 2 is 1.68 bits per heavy atom. The summed E-state index contributed by atoms with van der Waals surface area (Å²) in [6.07, 6.45) is 0. The molecule has 3 rings (SSSR count). The molecule has 34 heavy (non-hydrogen) atoms. The molecule has 0 aromatic heterocycles. The van der Waals surface area contributed by atoms with Gasteiger partial charge in [0.1, 0.15) is 0 Å². The number of amides is 1. The summed E-state index contributed by atoms with van der Waals surface area (Å²) in [4.78, 5) is 28.0. The first-order chi connectivity index (χ1) is 15.9. The van der Waals surface area contributed by atoms with E-state index in [9.17, 15) is 23.1 Å². The summed E-state index contributed by atoms with van der Waals surface area (Å²) in [6.45, 7) is 10.1. The quantitative estimate of drug-likeness (QED) is 0.548. The molecule has 1 amide bonds. The molecule has 0 atom stereocenters. The Morgan fingerprint density at radius 1 is 1.03 bits per heavy atom. The first-order valence-corrected chi connectivity index (χ1v) is 12.6. The zero-order chi connectivity index (χ0) is 25.1. The van der Waals surface area contributed by atoms with Gasteiger partial charge in [0.25, 0.3) is 10.0 Å². The van der Waals surface area contributed by atoms with Crippen molar-refractivity contribution >= 4 is 33.3 Å². The van der Waals surface area contributed by atoms with Crippen molar-refractivity contribution in [1.29, 1.82) is 0 Å². The molecule has 0 aliphatic carbocycles. The minimum Gasteiger partial charge on any atom is -0.478 e. The van der Waals surface area contributed by atoms with E-state index in [2.05, 4.69) is 10.0 Å². The highest BCUT2D eigenvalue weighted by Gasteiger charge is 2.25. The summed E-state index contributed by atoms with van der Waals surface area (Å²) in [6, 6.07) is 11.1. The summed E-state index contributed by atoms with van der Waals surface area (Å²) in [5.74, 6) is -1.18. The lowest BCUT2D eigenvalue weighted by Crippen LogP contribution is -2.51. The average Bonchev–Trinajstić information content (AvgIpc) is 2.73. The molecular formula is C24H32N4O5S. The molecule has 0 spiro atoms. The Bertz CT molecular complexity index is 1170. The van der Waals surface area contributed by atoms with E-state index >= 15 is 0 Å². The highest BCUT2D eigenvalue weighted by molar-refractivity contribution is 7.92. The van der Waals surface area contributed by atoms with Crippen LogP contribution in [-0.4, -0.2) is 68.6 Å². The van der Waals surface area contributed by atoms with Gasteiger partial charge < -0.3 is 15.3 Å². The van der Waals surface area contributed by atoms with Crippen LogP contribution < -0.4 is 14.9 Å². The summed E-state index contributed by atoms with van der Waals surface area (Å²) in [5.41, 5.74) is 1.09. The van der Waals surface area contributed by atoms with E-state index in [0.717, 1.165) is 0 Å². The third-order valence-electron chi connectivity index (χ3n) is 5.47. The van der Waals surface area contributed by atoms with E-state index < -0.39 is 16.0 Å². The number of rotatable bonds is 7. The molecule has 0 bridgehead atoms. The standard InChI is InChI=1S/C24H32N4O5S/c1-17-7-5-6-8-21(17)34(32,33)26-19-15-18(23(30)31)9-10-20(19)28-13-11-27(12-14-28)16-22(29)25-24(2,3)4/h5-10,15,26H,11-14,16H2,1-4H3,(H,25,29)(H,30,31). The number of sulfonamides is 1. The molecule has 0 radical (unpaired) electrons. The maximum Gasteiger partial charge on any atom is 0.335 e. The fraction of sp³-hybridized carbons (Fsp3) is 0.417. The highest BCUT2D eigenvalue weighted by atomic mass is 32.2. The third-order valence-corrected chi connectivity index (χ3v) is 6.99. The van der Waals surface area contributed by atoms with Gasteiger partial charge in [-0.1, -0.05) is 18.2 Å². The number of hydrogen-bond acceptors (Lipinski definition) is 6. The number of carboxylic acids is 1. The maximum atomic E-state index is 13.1. The summed E-state index contributed by atoms with van der Waals surface area (Å²) in [7, 11) is -3.92. The Labute approximate surface area is 200 Å². The number of piperazine rings is 1. The van der Waals surface area contributed by atoms with Crippen molar-refractivity contribution in [3.8, 4) is 0 Å². The second kappa shape index (κ2) is 10.0. The number of aromatic carboxylic acids is 1. The van der Waals surface area contributed by atoms with Crippen molar-refractivity contribution in [3.05, 3.63) is 53.6 Å². The van der Waals surface area contributed by atoms with E-state index in [1.807, 2.05) is 30.6 Å². The second-order valence-electron chi connectivity index (χ2n) is 9.47. The van der Waals surface area contributed by atoms with Gasteiger partial charge in [-0.15, -0.1) is 0 Å². The summed E-state index contributed by atoms with van der Waals surface area (Å²) < 4.78 is 28.8. The van der Waals surface area contributed by atoms with Crippen molar-refractivity contribution in [1.82, 2.24) is 10.2 Å². The van der Waals surface area contributed by atoms with Crippen LogP contribution in [0.3, 0.4) is 0 Å². The predicted molar refractivity (Wildman–Crippen MR) is 132 cm³/mol. The molecule has 1 fully saturated rings. The molecular weight excluding hydrogens is 456 g/mol. The molecule has 0 unspecified atom stereocenters. The number of carboxylic acid groups (broad SMARTS) is 1. The van der Waals surface area contributed by atoms with Crippen molar-refractivity contribution in [2.24, 2.45) is 0 Å². The largest absolute Gasteiger partial charge is 0.478 e. The van der Waals surface area contributed by atoms with Crippen LogP contribution in [0.1, 0.15) is 36.7 Å². The number of hydrogen-bond donors (Lipinski definition) is 3. The maximum absolute atomic E-state index is 13.1. The van der Waals surface area contributed by atoms with Crippen LogP contribution in [0.15, 0.2) is 47.4 Å². The number of anilines is 2. The molecule has 3 N–H and O–H groups in total. The van der Waals surface area contributed by atoms with Gasteiger partial charge in [-0.3, -0.25) is 14.4 Å². The Morgan fingerprint density at radius 3 is 2.26 bits per heavy atom. The summed E-state index contributed by atoms with van der Waals surface area (Å²) in [5, 5.41) is 12.4. The van der Waals surface area contributed by atoms with Crippen molar-refractivity contribution in [2.45, 2.75) is 38.1 Å². The van der Waals surface area contributed by atoms with Crippen LogP contribution in [0.25, 0.3) is 0 Å². The minimum absolute atomic E-state index is 0.0104. The van der Waals surface area contributed by atoms with E-state index in [1.165, 1.54) is 18.2 Å². The molecule has 2 aromatic rings. The van der Waals surface area contributed by atoms with Crippen LogP contribution in [0.4, 0.5) is 11.4 Å².